The summed E-state index contributed by atoms with van der Waals surface area (Å²) in [6, 6.07) is 3.24. The molecule has 1 rings (SSSR count). The van der Waals surface area contributed by atoms with Crippen LogP contribution < -0.4 is 4.74 Å². The summed E-state index contributed by atoms with van der Waals surface area (Å²) in [6.07, 6.45) is 7.57. The molecule has 0 aliphatic heterocycles. The molecule has 0 aliphatic rings. The van der Waals surface area contributed by atoms with E-state index in [-0.39, 0.29) is 12.1 Å². The summed E-state index contributed by atoms with van der Waals surface area (Å²) < 4.78 is 10.4. The standard InChI is InChI=1S/C15H23NO3/c1-4-5-6-7-8-12(2)19-14-11-13(9-10-16-14)15(17)18-3/h9-12H,4-8H2,1-3H3. The average molecular weight is 265 g/mol. The molecule has 0 amide bonds. The van der Waals surface area contributed by atoms with Crippen LogP contribution in [0, 0.1) is 0 Å². The fourth-order valence-corrected chi connectivity index (χ4v) is 1.84. The first kappa shape index (κ1) is 15.5. The summed E-state index contributed by atoms with van der Waals surface area (Å²) in [4.78, 5) is 15.5. The van der Waals surface area contributed by atoms with Crippen LogP contribution >= 0.6 is 0 Å². The Kier molecular flexibility index (Phi) is 6.93. The molecule has 1 aromatic rings. The maximum absolute atomic E-state index is 11.4. The predicted octanol–water partition coefficient (Wildman–Crippen LogP) is 3.61. The van der Waals surface area contributed by atoms with Crippen LogP contribution in [0.3, 0.4) is 0 Å². The highest BCUT2D eigenvalue weighted by Gasteiger charge is 2.09. The lowest BCUT2D eigenvalue weighted by atomic mass is 10.1. The third kappa shape index (κ3) is 5.73. The van der Waals surface area contributed by atoms with Crippen molar-refractivity contribution in [2.24, 2.45) is 0 Å². The largest absolute Gasteiger partial charge is 0.475 e. The van der Waals surface area contributed by atoms with Gasteiger partial charge in [-0.05, 0) is 25.8 Å². The molecule has 0 spiro atoms. The zero-order valence-electron chi connectivity index (χ0n) is 12.0. The third-order valence-corrected chi connectivity index (χ3v) is 2.94. The van der Waals surface area contributed by atoms with Gasteiger partial charge in [-0.15, -0.1) is 0 Å². The van der Waals surface area contributed by atoms with E-state index in [4.69, 9.17) is 4.74 Å². The fraction of sp³-hybridized carbons (Fsp3) is 0.600. The van der Waals surface area contributed by atoms with Crippen LogP contribution in [0.2, 0.25) is 0 Å². The molecule has 0 saturated carbocycles. The average Bonchev–Trinajstić information content (AvgIpc) is 2.43. The van der Waals surface area contributed by atoms with Gasteiger partial charge in [0, 0.05) is 12.3 Å². The van der Waals surface area contributed by atoms with Crippen molar-refractivity contribution in [1.29, 1.82) is 0 Å². The third-order valence-electron chi connectivity index (χ3n) is 2.94. The monoisotopic (exact) mass is 265 g/mol. The molecule has 4 nitrogen and oxygen atoms in total. The normalized spacial score (nSPS) is 11.9. The van der Waals surface area contributed by atoms with Crippen molar-refractivity contribution < 1.29 is 14.3 Å². The summed E-state index contributed by atoms with van der Waals surface area (Å²) in [5.41, 5.74) is 0.464. The molecule has 1 heterocycles. The van der Waals surface area contributed by atoms with Crippen LogP contribution in [0.25, 0.3) is 0 Å². The molecule has 106 valence electrons. The summed E-state index contributed by atoms with van der Waals surface area (Å²) in [5.74, 6) is 0.105. The number of ether oxygens (including phenoxy) is 2. The van der Waals surface area contributed by atoms with Crippen molar-refractivity contribution in [3.63, 3.8) is 0 Å². The van der Waals surface area contributed by atoms with Gasteiger partial charge in [-0.2, -0.15) is 0 Å². The molecule has 0 N–H and O–H groups in total. The van der Waals surface area contributed by atoms with Crippen LogP contribution in [0.4, 0.5) is 0 Å². The highest BCUT2D eigenvalue weighted by atomic mass is 16.5. The Morgan fingerprint density at radius 2 is 2.16 bits per heavy atom. The van der Waals surface area contributed by atoms with Gasteiger partial charge in [-0.25, -0.2) is 9.78 Å². The number of unbranched alkanes of at least 4 members (excludes halogenated alkanes) is 3. The van der Waals surface area contributed by atoms with Crippen molar-refractivity contribution in [2.45, 2.75) is 52.1 Å². The summed E-state index contributed by atoms with van der Waals surface area (Å²) in [6.45, 7) is 4.22. The highest BCUT2D eigenvalue weighted by molar-refractivity contribution is 5.89. The minimum absolute atomic E-state index is 0.109. The molecule has 0 bridgehead atoms. The van der Waals surface area contributed by atoms with Crippen molar-refractivity contribution in [3.05, 3.63) is 23.9 Å². The van der Waals surface area contributed by atoms with Gasteiger partial charge in [0.1, 0.15) is 0 Å². The Labute approximate surface area is 115 Å². The summed E-state index contributed by atoms with van der Waals surface area (Å²) >= 11 is 0. The number of esters is 1. The Balaban J connectivity index is 2.45. The number of carbonyl (C=O) groups is 1. The lowest BCUT2D eigenvalue weighted by Gasteiger charge is -2.14. The second-order valence-electron chi connectivity index (χ2n) is 4.65. The molecule has 1 aromatic heterocycles. The van der Waals surface area contributed by atoms with Crippen molar-refractivity contribution in [3.8, 4) is 5.88 Å². The van der Waals surface area contributed by atoms with E-state index in [2.05, 4.69) is 16.6 Å². The second kappa shape index (κ2) is 8.51. The van der Waals surface area contributed by atoms with E-state index in [0.717, 1.165) is 12.8 Å². The van der Waals surface area contributed by atoms with Gasteiger partial charge >= 0.3 is 5.97 Å². The number of hydrogen-bond donors (Lipinski definition) is 0. The van der Waals surface area contributed by atoms with Crippen LogP contribution in [0.5, 0.6) is 5.88 Å². The molecular weight excluding hydrogens is 242 g/mol. The van der Waals surface area contributed by atoms with Crippen LogP contribution in [0.15, 0.2) is 18.3 Å². The molecule has 0 radical (unpaired) electrons. The first-order valence-corrected chi connectivity index (χ1v) is 6.88. The van der Waals surface area contributed by atoms with Crippen LogP contribution in [-0.4, -0.2) is 24.2 Å². The zero-order valence-corrected chi connectivity index (χ0v) is 12.0. The predicted molar refractivity (Wildman–Crippen MR) is 74.4 cm³/mol. The number of pyridine rings is 1. The van der Waals surface area contributed by atoms with Crippen molar-refractivity contribution >= 4 is 5.97 Å². The fourth-order valence-electron chi connectivity index (χ4n) is 1.84. The van der Waals surface area contributed by atoms with E-state index >= 15 is 0 Å². The highest BCUT2D eigenvalue weighted by Crippen LogP contribution is 2.15. The Morgan fingerprint density at radius 1 is 1.37 bits per heavy atom. The van der Waals surface area contributed by atoms with E-state index in [1.807, 2.05) is 6.92 Å². The summed E-state index contributed by atoms with van der Waals surface area (Å²) in [5, 5.41) is 0. The van der Waals surface area contributed by atoms with Crippen LogP contribution in [0.1, 0.15) is 56.3 Å². The topological polar surface area (TPSA) is 48.4 Å². The number of rotatable bonds is 8. The maximum Gasteiger partial charge on any atom is 0.338 e. The molecular formula is C15H23NO3. The Bertz CT molecular complexity index is 393. The number of hydrogen-bond acceptors (Lipinski definition) is 4. The maximum atomic E-state index is 11.4. The Hall–Kier alpha value is -1.58. The van der Waals surface area contributed by atoms with Gasteiger partial charge in [0.2, 0.25) is 5.88 Å². The van der Waals surface area contributed by atoms with Gasteiger partial charge in [-0.3, -0.25) is 0 Å². The minimum Gasteiger partial charge on any atom is -0.475 e. The van der Waals surface area contributed by atoms with Crippen molar-refractivity contribution in [1.82, 2.24) is 4.98 Å². The zero-order chi connectivity index (χ0) is 14.1. The Morgan fingerprint density at radius 3 is 2.84 bits per heavy atom. The lowest BCUT2D eigenvalue weighted by molar-refractivity contribution is 0.0599. The van der Waals surface area contributed by atoms with Gasteiger partial charge < -0.3 is 9.47 Å². The molecule has 4 heteroatoms. The van der Waals surface area contributed by atoms with Crippen molar-refractivity contribution in [2.75, 3.05) is 7.11 Å². The quantitative estimate of drug-likeness (QED) is 0.532. The van der Waals surface area contributed by atoms with Gasteiger partial charge in [0.25, 0.3) is 0 Å². The van der Waals surface area contributed by atoms with Gasteiger partial charge in [0.15, 0.2) is 0 Å². The molecule has 1 unspecified atom stereocenters. The molecule has 0 saturated heterocycles. The molecule has 0 aliphatic carbocycles. The number of carbonyl (C=O) groups excluding carboxylic acids is 1. The second-order valence-corrected chi connectivity index (χ2v) is 4.65. The van der Waals surface area contributed by atoms with E-state index in [1.165, 1.54) is 26.4 Å². The first-order chi connectivity index (χ1) is 9.17. The molecule has 1 atom stereocenters. The SMILES string of the molecule is CCCCCCC(C)Oc1cc(C(=O)OC)ccn1. The molecule has 0 fully saturated rings. The van der Waals surface area contributed by atoms with E-state index in [9.17, 15) is 4.79 Å². The lowest BCUT2D eigenvalue weighted by Crippen LogP contribution is -2.13. The number of nitrogens with zero attached hydrogens (tertiary/aromatic N) is 1. The summed E-state index contributed by atoms with van der Waals surface area (Å²) in [7, 11) is 1.36. The minimum atomic E-state index is -0.372. The van der Waals surface area contributed by atoms with Gasteiger partial charge in [-0.1, -0.05) is 26.2 Å². The van der Waals surface area contributed by atoms with E-state index in [0.29, 0.717) is 11.4 Å². The van der Waals surface area contributed by atoms with E-state index in [1.54, 1.807) is 18.3 Å². The number of methoxy groups -OCH3 is 1. The van der Waals surface area contributed by atoms with Gasteiger partial charge in [0.05, 0.1) is 18.8 Å². The molecule has 0 aromatic carbocycles. The molecule has 19 heavy (non-hydrogen) atoms. The smallest absolute Gasteiger partial charge is 0.338 e. The van der Waals surface area contributed by atoms with E-state index < -0.39 is 0 Å². The van der Waals surface area contributed by atoms with Crippen LogP contribution in [-0.2, 0) is 4.74 Å². The number of aromatic nitrogens is 1. The first-order valence-electron chi connectivity index (χ1n) is 6.88.